The topological polar surface area (TPSA) is 112 Å². The van der Waals surface area contributed by atoms with Crippen LogP contribution >= 0.6 is 7.60 Å². The Morgan fingerprint density at radius 3 is 2.08 bits per heavy atom. The Balaban J connectivity index is 4.25. The van der Waals surface area contributed by atoms with E-state index in [2.05, 4.69) is 19.9 Å². The number of rotatable bonds is 13. The Morgan fingerprint density at radius 1 is 1.00 bits per heavy atom. The van der Waals surface area contributed by atoms with Gasteiger partial charge in [-0.2, -0.15) is 8.42 Å². The van der Waals surface area contributed by atoms with Crippen molar-refractivity contribution in [2.24, 2.45) is 0 Å². The van der Waals surface area contributed by atoms with E-state index in [9.17, 15) is 13.0 Å². The highest BCUT2D eigenvalue weighted by Gasteiger charge is 2.38. The molecule has 0 aromatic carbocycles. The van der Waals surface area contributed by atoms with Crippen LogP contribution in [0.4, 0.5) is 0 Å². The summed E-state index contributed by atoms with van der Waals surface area (Å²) in [4.78, 5) is 16.0. The molecule has 0 bridgehead atoms. The quantitative estimate of drug-likeness (QED) is 0.178. The second kappa shape index (κ2) is 12.0. The minimum Gasteiger partial charge on any atom is -0.323 e. The normalized spacial score (nSPS) is 15.4. The molecule has 0 saturated heterocycles. The van der Waals surface area contributed by atoms with E-state index < -0.39 is 22.7 Å². The first-order valence-corrected chi connectivity index (χ1v) is 12.0. The number of unbranched alkanes of at least 4 members (excludes halogenated alkanes) is 3. The molecule has 0 rings (SSSR count). The van der Waals surface area contributed by atoms with Gasteiger partial charge in [-0.15, -0.1) is 0 Å². The van der Waals surface area contributed by atoms with E-state index in [4.69, 9.17) is 14.3 Å². The van der Waals surface area contributed by atoms with Crippen LogP contribution in [0.1, 0.15) is 78.6 Å². The first kappa shape index (κ1) is 24.5. The number of hydrogen-bond acceptors (Lipinski definition) is 3. The van der Waals surface area contributed by atoms with Gasteiger partial charge in [0.2, 0.25) is 0 Å². The maximum atomic E-state index is 11.1. The molecule has 8 heteroatoms. The summed E-state index contributed by atoms with van der Waals surface area (Å²) in [7, 11) is -9.62. The van der Waals surface area contributed by atoms with Gasteiger partial charge in [0, 0.05) is 0 Å². The fourth-order valence-electron chi connectivity index (χ4n) is 2.54. The van der Waals surface area contributed by atoms with Crippen molar-refractivity contribution >= 4 is 17.7 Å². The molecule has 1 unspecified atom stereocenters. The lowest BCUT2D eigenvalue weighted by Gasteiger charge is -2.14. The fourth-order valence-corrected chi connectivity index (χ4v) is 4.91. The molecule has 0 aromatic rings. The van der Waals surface area contributed by atoms with Crippen LogP contribution in [0.25, 0.3) is 0 Å². The van der Waals surface area contributed by atoms with Crippen molar-refractivity contribution in [2.75, 3.05) is 0 Å². The van der Waals surface area contributed by atoms with Crippen LogP contribution in [0.15, 0.2) is 23.3 Å². The van der Waals surface area contributed by atoms with Crippen LogP contribution < -0.4 is 0 Å². The second-order valence-corrected chi connectivity index (χ2v) is 10.3. The molecule has 0 fully saturated rings. The lowest BCUT2D eigenvalue weighted by molar-refractivity contribution is 0.360. The summed E-state index contributed by atoms with van der Waals surface area (Å²) in [6.07, 6.45) is 11.5. The first-order valence-electron chi connectivity index (χ1n) is 8.81. The monoisotopic (exact) mass is 396 g/mol. The van der Waals surface area contributed by atoms with Gasteiger partial charge < -0.3 is 9.79 Å². The van der Waals surface area contributed by atoms with Crippen LogP contribution in [-0.4, -0.2) is 27.7 Å². The zero-order chi connectivity index (χ0) is 19.5. The van der Waals surface area contributed by atoms with E-state index in [0.717, 1.165) is 24.8 Å². The molecule has 3 N–H and O–H groups in total. The van der Waals surface area contributed by atoms with Crippen LogP contribution in [0.2, 0.25) is 0 Å². The highest BCUT2D eigenvalue weighted by molar-refractivity contribution is 7.93. The molecule has 25 heavy (non-hydrogen) atoms. The zero-order valence-electron chi connectivity index (χ0n) is 15.5. The maximum absolute atomic E-state index is 11.1. The first-order chi connectivity index (χ1) is 11.5. The summed E-state index contributed by atoms with van der Waals surface area (Å²) >= 11 is 0. The molecule has 0 heterocycles. The van der Waals surface area contributed by atoms with Gasteiger partial charge in [-0.3, -0.25) is 9.12 Å². The van der Waals surface area contributed by atoms with Crippen molar-refractivity contribution in [1.82, 2.24) is 0 Å². The molecule has 148 valence electrons. The summed E-state index contributed by atoms with van der Waals surface area (Å²) < 4.78 is 42.2. The summed E-state index contributed by atoms with van der Waals surface area (Å²) in [5.74, 6) is 0. The molecular weight excluding hydrogens is 363 g/mol. The molecule has 0 saturated carbocycles. The fraction of sp³-hybridized carbons (Fsp3) is 0.765. The van der Waals surface area contributed by atoms with E-state index in [1.54, 1.807) is 0 Å². The molecular formula is C17H33O6PS. The lowest BCUT2D eigenvalue weighted by Crippen LogP contribution is -2.20. The molecule has 1 atom stereocenters. The Bertz CT molecular complexity index is 588. The standard InChI is InChI=1S/C17H33O6PS/c1-4-5-6-10-15(2)12-9-13-16(3)11-7-8-14-17(24(18,19)20)25(21,22)23/h11-12,17H,4-10,13-14H2,1-3H3,(H2,18,19,20)(H,21,22,23). The van der Waals surface area contributed by atoms with Crippen molar-refractivity contribution in [3.63, 3.8) is 0 Å². The minimum atomic E-state index is -4.87. The van der Waals surface area contributed by atoms with Gasteiger partial charge in [0.25, 0.3) is 10.1 Å². The van der Waals surface area contributed by atoms with E-state index >= 15 is 0 Å². The molecule has 6 nitrogen and oxygen atoms in total. The van der Waals surface area contributed by atoms with Crippen molar-refractivity contribution in [3.05, 3.63) is 23.3 Å². The molecule has 0 aliphatic heterocycles. The molecule has 0 spiro atoms. The highest BCUT2D eigenvalue weighted by atomic mass is 32.2. The van der Waals surface area contributed by atoms with Crippen LogP contribution in [-0.2, 0) is 14.7 Å². The zero-order valence-corrected chi connectivity index (χ0v) is 17.2. The van der Waals surface area contributed by atoms with Crippen LogP contribution in [0, 0.1) is 0 Å². The SMILES string of the molecule is CCCCCC(C)=CCCC(C)=CCCCC(P(=O)(O)O)S(=O)(=O)O. The highest BCUT2D eigenvalue weighted by Crippen LogP contribution is 2.46. The molecule has 0 aromatic heterocycles. The van der Waals surface area contributed by atoms with Crippen molar-refractivity contribution < 1.29 is 27.3 Å². The number of allylic oxidation sites excluding steroid dienone is 4. The summed E-state index contributed by atoms with van der Waals surface area (Å²) in [6, 6.07) is 0. The van der Waals surface area contributed by atoms with E-state index in [0.29, 0.717) is 12.8 Å². The van der Waals surface area contributed by atoms with Crippen LogP contribution in [0.3, 0.4) is 0 Å². The largest absolute Gasteiger partial charge is 0.346 e. The maximum Gasteiger partial charge on any atom is 0.346 e. The third kappa shape index (κ3) is 12.5. The molecule has 0 radical (unpaired) electrons. The Morgan fingerprint density at radius 2 is 1.56 bits per heavy atom. The van der Waals surface area contributed by atoms with Gasteiger partial charge in [0.1, 0.15) is 0 Å². The van der Waals surface area contributed by atoms with E-state index in [-0.39, 0.29) is 6.42 Å². The average Bonchev–Trinajstić information content (AvgIpc) is 2.44. The van der Waals surface area contributed by atoms with Gasteiger partial charge in [0.15, 0.2) is 4.99 Å². The smallest absolute Gasteiger partial charge is 0.323 e. The van der Waals surface area contributed by atoms with Crippen LogP contribution in [0.5, 0.6) is 0 Å². The summed E-state index contributed by atoms with van der Waals surface area (Å²) in [5.41, 5.74) is 2.57. The van der Waals surface area contributed by atoms with Crippen molar-refractivity contribution in [2.45, 2.75) is 83.5 Å². The lowest BCUT2D eigenvalue weighted by atomic mass is 10.0. The average molecular weight is 396 g/mol. The van der Waals surface area contributed by atoms with E-state index in [1.165, 1.54) is 24.8 Å². The van der Waals surface area contributed by atoms with Crippen molar-refractivity contribution in [1.29, 1.82) is 0 Å². The van der Waals surface area contributed by atoms with Gasteiger partial charge >= 0.3 is 7.60 Å². The third-order valence-corrected chi connectivity index (χ3v) is 7.63. The Kier molecular flexibility index (Phi) is 11.8. The predicted molar refractivity (Wildman–Crippen MR) is 102 cm³/mol. The van der Waals surface area contributed by atoms with Gasteiger partial charge in [-0.1, -0.05) is 43.1 Å². The summed E-state index contributed by atoms with van der Waals surface area (Å²) in [6.45, 7) is 6.32. The Hall–Kier alpha value is -0.460. The molecule has 0 aliphatic carbocycles. The molecule has 0 amide bonds. The third-order valence-electron chi connectivity index (χ3n) is 4.07. The second-order valence-electron chi connectivity index (χ2n) is 6.59. The van der Waals surface area contributed by atoms with Crippen molar-refractivity contribution in [3.8, 4) is 0 Å². The Labute approximate surface area is 152 Å². The summed E-state index contributed by atoms with van der Waals surface area (Å²) in [5, 5.41) is 0. The predicted octanol–water partition coefficient (Wildman–Crippen LogP) is 4.80. The van der Waals surface area contributed by atoms with Gasteiger partial charge in [-0.05, 0) is 58.8 Å². The van der Waals surface area contributed by atoms with Gasteiger partial charge in [-0.25, -0.2) is 0 Å². The number of hydrogen-bond donors (Lipinski definition) is 3. The minimum absolute atomic E-state index is 0.261. The molecule has 0 aliphatic rings. The van der Waals surface area contributed by atoms with E-state index in [1.807, 2.05) is 13.0 Å². The van der Waals surface area contributed by atoms with Gasteiger partial charge in [0.05, 0.1) is 0 Å².